The van der Waals surface area contributed by atoms with E-state index < -0.39 is 0 Å². The maximum atomic E-state index is 12.4. The molecule has 3 aromatic rings. The van der Waals surface area contributed by atoms with Crippen LogP contribution in [0.15, 0.2) is 62.4 Å². The molecule has 4 heteroatoms. The molecule has 0 amide bonds. The second-order valence-electron chi connectivity index (χ2n) is 4.14. The van der Waals surface area contributed by atoms with E-state index in [0.29, 0.717) is 21.0 Å². The van der Waals surface area contributed by atoms with E-state index >= 15 is 0 Å². The van der Waals surface area contributed by atoms with Gasteiger partial charge in [-0.15, -0.1) is 0 Å². The molecule has 19 heavy (non-hydrogen) atoms. The normalized spacial score (nSPS) is 10.8. The third kappa shape index (κ3) is 2.04. The third-order valence-electron chi connectivity index (χ3n) is 2.93. The molecule has 1 aromatic heterocycles. The lowest BCUT2D eigenvalue weighted by Gasteiger charge is -2.04. The maximum Gasteiger partial charge on any atom is 0.200 e. The molecule has 0 bridgehead atoms. The number of hydrogen-bond acceptors (Lipinski definition) is 3. The molecule has 2 aromatic carbocycles. The van der Waals surface area contributed by atoms with Crippen LogP contribution in [-0.4, -0.2) is 5.11 Å². The van der Waals surface area contributed by atoms with Gasteiger partial charge in [0.1, 0.15) is 17.6 Å². The van der Waals surface area contributed by atoms with Gasteiger partial charge in [0.2, 0.25) is 5.43 Å². The van der Waals surface area contributed by atoms with Crippen molar-refractivity contribution in [3.8, 4) is 16.9 Å². The zero-order valence-electron chi connectivity index (χ0n) is 9.76. The van der Waals surface area contributed by atoms with Crippen LogP contribution in [0.5, 0.6) is 5.75 Å². The zero-order valence-corrected chi connectivity index (χ0v) is 11.3. The Morgan fingerprint density at radius 2 is 1.84 bits per heavy atom. The Hall–Kier alpha value is -2.07. The zero-order chi connectivity index (χ0) is 13.4. The number of hydrogen-bond donors (Lipinski definition) is 1. The van der Waals surface area contributed by atoms with Gasteiger partial charge < -0.3 is 9.52 Å². The van der Waals surface area contributed by atoms with E-state index in [1.807, 2.05) is 30.3 Å². The van der Waals surface area contributed by atoms with Gasteiger partial charge in [0, 0.05) is 6.07 Å². The summed E-state index contributed by atoms with van der Waals surface area (Å²) in [6, 6.07) is 12.3. The lowest BCUT2D eigenvalue weighted by atomic mass is 10.1. The molecule has 0 saturated heterocycles. The minimum Gasteiger partial charge on any atom is -0.507 e. The van der Waals surface area contributed by atoms with E-state index in [1.165, 1.54) is 12.3 Å². The second-order valence-corrected chi connectivity index (χ2v) is 5.00. The van der Waals surface area contributed by atoms with E-state index in [4.69, 9.17) is 4.42 Å². The average Bonchev–Trinajstić information content (AvgIpc) is 2.42. The minimum absolute atomic E-state index is 0.0445. The summed E-state index contributed by atoms with van der Waals surface area (Å²) in [6.45, 7) is 0. The Bertz CT molecular complexity index is 807. The van der Waals surface area contributed by atoms with Gasteiger partial charge in [-0.05, 0) is 27.6 Å². The van der Waals surface area contributed by atoms with Gasteiger partial charge in [-0.2, -0.15) is 0 Å². The molecule has 0 atom stereocenters. The summed E-state index contributed by atoms with van der Waals surface area (Å²) in [5.74, 6) is 0.0445. The Labute approximate surface area is 117 Å². The highest BCUT2D eigenvalue weighted by Gasteiger charge is 2.11. The highest BCUT2D eigenvalue weighted by Crippen LogP contribution is 2.29. The van der Waals surface area contributed by atoms with E-state index in [0.717, 1.165) is 5.56 Å². The lowest BCUT2D eigenvalue weighted by Crippen LogP contribution is -2.04. The number of phenolic OH excluding ortho intramolecular Hbond substituents is 1. The van der Waals surface area contributed by atoms with Crippen molar-refractivity contribution in [1.82, 2.24) is 0 Å². The SMILES string of the molecule is O=c1c(-c2ccccc2)coc2cc(O)c(Br)cc12. The fraction of sp³-hybridized carbons (Fsp3) is 0. The standard InChI is InChI=1S/C15H9BrO3/c16-12-6-10-14(7-13(12)17)19-8-11(15(10)18)9-4-2-1-3-5-9/h1-8,17H. The average molecular weight is 317 g/mol. The van der Waals surface area contributed by atoms with Crippen molar-refractivity contribution in [1.29, 1.82) is 0 Å². The largest absolute Gasteiger partial charge is 0.507 e. The van der Waals surface area contributed by atoms with Crippen molar-refractivity contribution >= 4 is 26.9 Å². The first kappa shape index (κ1) is 12.0. The molecule has 0 unspecified atom stereocenters. The Morgan fingerprint density at radius 1 is 1.11 bits per heavy atom. The first-order valence-corrected chi connectivity index (χ1v) is 6.45. The van der Waals surface area contributed by atoms with Gasteiger partial charge in [-0.3, -0.25) is 4.79 Å². The maximum absolute atomic E-state index is 12.4. The van der Waals surface area contributed by atoms with Crippen LogP contribution < -0.4 is 5.43 Å². The summed E-state index contributed by atoms with van der Waals surface area (Å²) in [7, 11) is 0. The molecule has 0 aliphatic carbocycles. The predicted octanol–water partition coefficient (Wildman–Crippen LogP) is 3.93. The topological polar surface area (TPSA) is 50.4 Å². The molecule has 3 rings (SSSR count). The van der Waals surface area contributed by atoms with Gasteiger partial charge in [-0.1, -0.05) is 30.3 Å². The smallest absolute Gasteiger partial charge is 0.200 e. The highest BCUT2D eigenvalue weighted by molar-refractivity contribution is 9.10. The number of fused-ring (bicyclic) bond motifs is 1. The van der Waals surface area contributed by atoms with E-state index in [1.54, 1.807) is 6.07 Å². The predicted molar refractivity (Wildman–Crippen MR) is 77.3 cm³/mol. The summed E-state index contributed by atoms with van der Waals surface area (Å²) in [4.78, 5) is 12.4. The lowest BCUT2D eigenvalue weighted by molar-refractivity contribution is 0.470. The Morgan fingerprint density at radius 3 is 2.58 bits per heavy atom. The van der Waals surface area contributed by atoms with Gasteiger partial charge in [0.05, 0.1) is 15.4 Å². The van der Waals surface area contributed by atoms with Crippen molar-refractivity contribution in [3.63, 3.8) is 0 Å². The van der Waals surface area contributed by atoms with Gasteiger partial charge in [0.25, 0.3) is 0 Å². The van der Waals surface area contributed by atoms with Gasteiger partial charge >= 0.3 is 0 Å². The van der Waals surface area contributed by atoms with Crippen molar-refractivity contribution < 1.29 is 9.52 Å². The van der Waals surface area contributed by atoms with Crippen molar-refractivity contribution in [2.45, 2.75) is 0 Å². The quantitative estimate of drug-likeness (QED) is 0.740. The number of phenols is 1. The second kappa shape index (κ2) is 4.55. The molecular weight excluding hydrogens is 308 g/mol. The fourth-order valence-electron chi connectivity index (χ4n) is 1.96. The third-order valence-corrected chi connectivity index (χ3v) is 3.56. The van der Waals surface area contributed by atoms with Crippen LogP contribution in [0.2, 0.25) is 0 Å². The molecular formula is C15H9BrO3. The summed E-state index contributed by atoms with van der Waals surface area (Å²) in [5.41, 5.74) is 1.56. The summed E-state index contributed by atoms with van der Waals surface area (Å²) < 4.78 is 5.90. The minimum atomic E-state index is -0.117. The number of halogens is 1. The number of aromatic hydroxyl groups is 1. The summed E-state index contributed by atoms with van der Waals surface area (Å²) >= 11 is 3.20. The molecule has 0 radical (unpaired) electrons. The van der Waals surface area contributed by atoms with E-state index in [-0.39, 0.29) is 11.2 Å². The van der Waals surface area contributed by atoms with Crippen LogP contribution in [0.4, 0.5) is 0 Å². The summed E-state index contributed by atoms with van der Waals surface area (Å²) in [5, 5.41) is 10.0. The monoisotopic (exact) mass is 316 g/mol. The molecule has 94 valence electrons. The Balaban J connectivity index is 2.33. The van der Waals surface area contributed by atoms with Crippen LogP contribution in [0.3, 0.4) is 0 Å². The van der Waals surface area contributed by atoms with Crippen molar-refractivity contribution in [2.24, 2.45) is 0 Å². The van der Waals surface area contributed by atoms with Gasteiger partial charge in [0.15, 0.2) is 0 Å². The van der Waals surface area contributed by atoms with E-state index in [2.05, 4.69) is 15.9 Å². The fourth-order valence-corrected chi connectivity index (χ4v) is 2.30. The number of benzene rings is 2. The highest BCUT2D eigenvalue weighted by atomic mass is 79.9. The van der Waals surface area contributed by atoms with Crippen LogP contribution in [-0.2, 0) is 0 Å². The van der Waals surface area contributed by atoms with E-state index in [9.17, 15) is 9.90 Å². The first-order valence-electron chi connectivity index (χ1n) is 5.66. The van der Waals surface area contributed by atoms with Crippen LogP contribution in [0.1, 0.15) is 0 Å². The summed E-state index contributed by atoms with van der Waals surface area (Å²) in [6.07, 6.45) is 1.42. The molecule has 0 aliphatic rings. The van der Waals surface area contributed by atoms with Crippen LogP contribution >= 0.6 is 15.9 Å². The van der Waals surface area contributed by atoms with Gasteiger partial charge in [-0.25, -0.2) is 0 Å². The van der Waals surface area contributed by atoms with Crippen LogP contribution in [0, 0.1) is 0 Å². The molecule has 0 spiro atoms. The molecule has 1 N–H and O–H groups in total. The molecule has 0 aliphatic heterocycles. The van der Waals surface area contributed by atoms with Crippen LogP contribution in [0.25, 0.3) is 22.1 Å². The van der Waals surface area contributed by atoms with Crippen molar-refractivity contribution in [2.75, 3.05) is 0 Å². The Kier molecular flexibility index (Phi) is 2.87. The number of rotatable bonds is 1. The molecule has 3 nitrogen and oxygen atoms in total. The molecule has 0 fully saturated rings. The first-order chi connectivity index (χ1) is 9.16. The molecule has 0 saturated carbocycles. The van der Waals surface area contributed by atoms with Crippen molar-refractivity contribution in [3.05, 3.63) is 63.4 Å². The molecule has 1 heterocycles.